The lowest BCUT2D eigenvalue weighted by atomic mass is 9.68. The van der Waals surface area contributed by atoms with E-state index in [9.17, 15) is 9.90 Å². The highest BCUT2D eigenvalue weighted by atomic mass is 127. The fraction of sp³-hybridized carbons (Fsp3) is 0.889. The molecule has 0 aromatic rings. The fourth-order valence-electron chi connectivity index (χ4n) is 2.12. The van der Waals surface area contributed by atoms with Crippen LogP contribution in [0.2, 0.25) is 0 Å². The third-order valence-electron chi connectivity index (χ3n) is 2.78. The van der Waals surface area contributed by atoms with Crippen LogP contribution >= 0.6 is 22.6 Å². The van der Waals surface area contributed by atoms with Crippen LogP contribution in [0.25, 0.3) is 0 Å². The molecule has 1 fully saturated rings. The summed E-state index contributed by atoms with van der Waals surface area (Å²) in [6.45, 7) is 3.82. The van der Waals surface area contributed by atoms with Gasteiger partial charge in [-0.15, -0.1) is 0 Å². The van der Waals surface area contributed by atoms with Crippen molar-refractivity contribution in [3.05, 3.63) is 0 Å². The molecule has 0 aliphatic heterocycles. The van der Waals surface area contributed by atoms with Gasteiger partial charge in [-0.2, -0.15) is 0 Å². The van der Waals surface area contributed by atoms with Crippen molar-refractivity contribution in [1.29, 1.82) is 0 Å². The second-order valence-corrected chi connectivity index (χ2v) is 6.52. The lowest BCUT2D eigenvalue weighted by Crippen LogP contribution is -2.43. The van der Waals surface area contributed by atoms with Gasteiger partial charge in [0.25, 0.3) is 0 Å². The van der Waals surface area contributed by atoms with Crippen molar-refractivity contribution in [1.82, 2.24) is 0 Å². The summed E-state index contributed by atoms with van der Waals surface area (Å²) < 4.78 is -0.715. The molecular weight excluding hydrogens is 283 g/mol. The Labute approximate surface area is 91.7 Å². The predicted molar refractivity (Wildman–Crippen MR) is 57.7 cm³/mol. The zero-order chi connectivity index (χ0) is 10.3. The predicted octanol–water partition coefficient (Wildman–Crippen LogP) is 2.02. The topological polar surface area (TPSA) is 57.5 Å². The third kappa shape index (κ3) is 2.56. The molecule has 1 aliphatic carbocycles. The van der Waals surface area contributed by atoms with E-state index in [4.69, 9.17) is 5.11 Å². The quantitative estimate of drug-likeness (QED) is 0.575. The molecule has 2 N–H and O–H groups in total. The molecule has 0 unspecified atom stereocenters. The Morgan fingerprint density at radius 2 is 2.08 bits per heavy atom. The summed E-state index contributed by atoms with van der Waals surface area (Å²) in [6, 6.07) is 0. The van der Waals surface area contributed by atoms with Gasteiger partial charge >= 0.3 is 5.97 Å². The number of aliphatic hydroxyl groups is 1. The smallest absolute Gasteiger partial charge is 0.307 e. The number of alkyl halides is 1. The van der Waals surface area contributed by atoms with Crippen molar-refractivity contribution in [2.24, 2.45) is 11.3 Å². The van der Waals surface area contributed by atoms with Gasteiger partial charge in [0.2, 0.25) is 0 Å². The van der Waals surface area contributed by atoms with Gasteiger partial charge in [0.05, 0.1) is 5.92 Å². The van der Waals surface area contributed by atoms with E-state index < -0.39 is 9.58 Å². The number of hydrogen-bond donors (Lipinski definition) is 2. The molecule has 0 aromatic heterocycles. The number of aliphatic carboxylic acids is 1. The van der Waals surface area contributed by atoms with E-state index in [-0.39, 0.29) is 11.3 Å². The first-order valence-corrected chi connectivity index (χ1v) is 5.47. The summed E-state index contributed by atoms with van der Waals surface area (Å²) in [7, 11) is 0. The Morgan fingerprint density at radius 1 is 1.54 bits per heavy atom. The second-order valence-electron chi connectivity index (χ2n) is 4.51. The fourth-order valence-corrected chi connectivity index (χ4v) is 3.42. The SMILES string of the molecule is CC1(C)C[C@](O)(I)CC[C@@H]1C(=O)O. The summed E-state index contributed by atoms with van der Waals surface area (Å²) in [4.78, 5) is 10.9. The molecule has 2 atom stereocenters. The van der Waals surface area contributed by atoms with Crippen LogP contribution in [-0.2, 0) is 4.79 Å². The Bertz CT molecular complexity index is 223. The summed E-state index contributed by atoms with van der Waals surface area (Å²) in [5.74, 6) is -1.06. The molecule has 4 heteroatoms. The maximum atomic E-state index is 10.9. The van der Waals surface area contributed by atoms with Gasteiger partial charge < -0.3 is 10.2 Å². The normalized spacial score (nSPS) is 38.6. The molecule has 0 amide bonds. The third-order valence-corrected chi connectivity index (χ3v) is 3.70. The van der Waals surface area contributed by atoms with E-state index in [2.05, 4.69) is 0 Å². The first-order chi connectivity index (χ1) is 5.75. The van der Waals surface area contributed by atoms with Crippen molar-refractivity contribution >= 4 is 28.6 Å². The van der Waals surface area contributed by atoms with Gasteiger partial charge in [0.15, 0.2) is 0 Å². The van der Waals surface area contributed by atoms with Gasteiger partial charge in [0.1, 0.15) is 3.61 Å². The van der Waals surface area contributed by atoms with Gasteiger partial charge in [-0.1, -0.05) is 13.8 Å². The van der Waals surface area contributed by atoms with Crippen molar-refractivity contribution in [2.45, 2.75) is 36.7 Å². The van der Waals surface area contributed by atoms with E-state index in [1.165, 1.54) is 0 Å². The lowest BCUT2D eigenvalue weighted by molar-refractivity contribution is -0.149. The second kappa shape index (κ2) is 3.38. The minimum Gasteiger partial charge on any atom is -0.481 e. The van der Waals surface area contributed by atoms with Crippen LogP contribution in [0.4, 0.5) is 0 Å². The largest absolute Gasteiger partial charge is 0.481 e. The van der Waals surface area contributed by atoms with Crippen molar-refractivity contribution in [3.63, 3.8) is 0 Å². The molecule has 0 aromatic carbocycles. The zero-order valence-electron chi connectivity index (χ0n) is 7.88. The average Bonchev–Trinajstić information content (AvgIpc) is 1.79. The zero-order valence-corrected chi connectivity index (χ0v) is 10.0. The maximum Gasteiger partial charge on any atom is 0.307 e. The van der Waals surface area contributed by atoms with Gasteiger partial charge in [-0.25, -0.2) is 0 Å². The van der Waals surface area contributed by atoms with Gasteiger partial charge in [0, 0.05) is 0 Å². The molecule has 1 saturated carbocycles. The van der Waals surface area contributed by atoms with E-state index >= 15 is 0 Å². The molecule has 0 spiro atoms. The molecule has 13 heavy (non-hydrogen) atoms. The summed E-state index contributed by atoms with van der Waals surface area (Å²) in [5, 5.41) is 18.8. The Balaban J connectivity index is 2.79. The number of rotatable bonds is 1. The molecule has 1 aliphatic rings. The van der Waals surface area contributed by atoms with Crippen LogP contribution in [0.15, 0.2) is 0 Å². The molecule has 3 nitrogen and oxygen atoms in total. The van der Waals surface area contributed by atoms with Crippen LogP contribution in [0.3, 0.4) is 0 Å². The average molecular weight is 298 g/mol. The van der Waals surface area contributed by atoms with Crippen LogP contribution < -0.4 is 0 Å². The first-order valence-electron chi connectivity index (χ1n) is 4.39. The molecule has 0 saturated heterocycles. The highest BCUT2D eigenvalue weighted by molar-refractivity contribution is 14.1. The lowest BCUT2D eigenvalue weighted by Gasteiger charge is -2.42. The van der Waals surface area contributed by atoms with E-state index in [0.29, 0.717) is 19.3 Å². The number of carboxylic acid groups (broad SMARTS) is 1. The van der Waals surface area contributed by atoms with Crippen LogP contribution in [0.5, 0.6) is 0 Å². The Hall–Kier alpha value is 0.160. The minimum absolute atomic E-state index is 0.306. The van der Waals surface area contributed by atoms with E-state index in [1.807, 2.05) is 36.4 Å². The molecule has 0 bridgehead atoms. The van der Waals surface area contributed by atoms with E-state index in [1.54, 1.807) is 0 Å². The molecule has 76 valence electrons. The van der Waals surface area contributed by atoms with Crippen molar-refractivity contribution in [3.8, 4) is 0 Å². The summed E-state index contributed by atoms with van der Waals surface area (Å²) in [6.07, 6.45) is 1.70. The standard InChI is InChI=1S/C9H15IO3/c1-8(2)5-9(10,13)4-3-6(8)7(11)12/h6,13H,3-5H2,1-2H3,(H,11,12)/t6-,9+/m1/s1. The van der Waals surface area contributed by atoms with Crippen molar-refractivity contribution in [2.75, 3.05) is 0 Å². The molecule has 1 rings (SSSR count). The molecule has 0 heterocycles. The number of carboxylic acids is 1. The van der Waals surface area contributed by atoms with E-state index in [0.717, 1.165) is 0 Å². The molecule has 0 radical (unpaired) electrons. The Kier molecular flexibility index (Phi) is 2.92. The highest BCUT2D eigenvalue weighted by Crippen LogP contribution is 2.47. The van der Waals surface area contributed by atoms with Crippen LogP contribution in [-0.4, -0.2) is 19.8 Å². The number of carbonyl (C=O) groups is 1. The Morgan fingerprint density at radius 3 is 2.46 bits per heavy atom. The maximum absolute atomic E-state index is 10.9. The first kappa shape index (κ1) is 11.2. The van der Waals surface area contributed by atoms with Crippen LogP contribution in [0, 0.1) is 11.3 Å². The molecular formula is C9H15IO3. The van der Waals surface area contributed by atoms with Crippen molar-refractivity contribution < 1.29 is 15.0 Å². The number of halogens is 1. The van der Waals surface area contributed by atoms with Gasteiger partial charge in [-0.3, -0.25) is 4.79 Å². The highest BCUT2D eigenvalue weighted by Gasteiger charge is 2.45. The monoisotopic (exact) mass is 298 g/mol. The van der Waals surface area contributed by atoms with Gasteiger partial charge in [-0.05, 0) is 47.3 Å². The van der Waals surface area contributed by atoms with Crippen LogP contribution in [0.1, 0.15) is 33.1 Å². The summed E-state index contributed by atoms with van der Waals surface area (Å²) >= 11 is 2.01. The minimum atomic E-state index is -0.739. The summed E-state index contributed by atoms with van der Waals surface area (Å²) in [5.41, 5.74) is -0.306. The number of hydrogen-bond acceptors (Lipinski definition) is 2.